The van der Waals surface area contributed by atoms with E-state index in [2.05, 4.69) is 10.2 Å². The predicted molar refractivity (Wildman–Crippen MR) is 105 cm³/mol. The molecule has 2 aromatic rings. The molecule has 2 heterocycles. The summed E-state index contributed by atoms with van der Waals surface area (Å²) in [6, 6.07) is 9.68. The van der Waals surface area contributed by atoms with Gasteiger partial charge >= 0.3 is 5.97 Å². The Labute approximate surface area is 158 Å². The van der Waals surface area contributed by atoms with Gasteiger partial charge in [0.2, 0.25) is 0 Å². The quantitative estimate of drug-likeness (QED) is 0.798. The fraction of sp³-hybridized carbons (Fsp3) is 0.400. The van der Waals surface area contributed by atoms with Crippen LogP contribution < -0.4 is 10.2 Å². The monoisotopic (exact) mass is 372 g/mol. The van der Waals surface area contributed by atoms with Crippen LogP contribution in [0, 0.1) is 6.92 Å². The summed E-state index contributed by atoms with van der Waals surface area (Å²) in [5, 5.41) is 4.64. The second kappa shape index (κ2) is 8.36. The maximum absolute atomic E-state index is 12.3. The molecule has 0 spiro atoms. The van der Waals surface area contributed by atoms with E-state index in [1.807, 2.05) is 42.6 Å². The Morgan fingerprint density at radius 1 is 1.12 bits per heavy atom. The summed E-state index contributed by atoms with van der Waals surface area (Å²) >= 11 is 1.32. The number of hydrogen-bond acceptors (Lipinski definition) is 5. The lowest BCUT2D eigenvalue weighted by Crippen LogP contribution is -2.30. The van der Waals surface area contributed by atoms with Crippen molar-refractivity contribution in [1.29, 1.82) is 0 Å². The molecule has 0 aliphatic carbocycles. The van der Waals surface area contributed by atoms with Crippen LogP contribution in [0.2, 0.25) is 0 Å². The van der Waals surface area contributed by atoms with E-state index in [9.17, 15) is 9.59 Å². The zero-order chi connectivity index (χ0) is 18.5. The van der Waals surface area contributed by atoms with Crippen LogP contribution in [0.1, 0.15) is 41.4 Å². The van der Waals surface area contributed by atoms with E-state index in [1.165, 1.54) is 36.3 Å². The summed E-state index contributed by atoms with van der Waals surface area (Å²) in [4.78, 5) is 27.3. The molecule has 26 heavy (non-hydrogen) atoms. The molecular weight excluding hydrogens is 348 g/mol. The van der Waals surface area contributed by atoms with E-state index < -0.39 is 12.1 Å². The van der Waals surface area contributed by atoms with E-state index in [4.69, 9.17) is 4.74 Å². The number of carbonyl (C=O) groups excluding carboxylic acids is 2. The number of carbonyl (C=O) groups is 2. The summed E-state index contributed by atoms with van der Waals surface area (Å²) in [7, 11) is 0. The molecule has 3 rings (SSSR count). The number of nitrogens with one attached hydrogen (secondary N) is 1. The predicted octanol–water partition coefficient (Wildman–Crippen LogP) is 4.23. The van der Waals surface area contributed by atoms with Gasteiger partial charge in [-0.25, -0.2) is 4.79 Å². The molecule has 6 heteroatoms. The molecule has 5 nitrogen and oxygen atoms in total. The van der Waals surface area contributed by atoms with Crippen LogP contribution in [0.25, 0.3) is 0 Å². The van der Waals surface area contributed by atoms with Crippen LogP contribution in [0.4, 0.5) is 11.4 Å². The fourth-order valence-corrected chi connectivity index (χ4v) is 3.81. The van der Waals surface area contributed by atoms with Crippen molar-refractivity contribution in [3.63, 3.8) is 0 Å². The minimum atomic E-state index is -0.856. The Balaban J connectivity index is 1.55. The molecule has 1 aliphatic heterocycles. The van der Waals surface area contributed by atoms with Gasteiger partial charge < -0.3 is 15.0 Å². The number of thiophene rings is 1. The van der Waals surface area contributed by atoms with Crippen molar-refractivity contribution in [3.05, 3.63) is 46.2 Å². The minimum absolute atomic E-state index is 0.335. The zero-order valence-corrected chi connectivity index (χ0v) is 16.0. The molecule has 1 unspecified atom stereocenters. The SMILES string of the molecule is Cc1ccsc1C(=O)OC(C)C(=O)Nc1ccc(N2CCCCC2)cc1. The summed E-state index contributed by atoms with van der Waals surface area (Å²) in [5.41, 5.74) is 2.74. The highest BCUT2D eigenvalue weighted by molar-refractivity contribution is 7.12. The number of anilines is 2. The molecule has 1 aromatic heterocycles. The molecule has 1 fully saturated rings. The maximum Gasteiger partial charge on any atom is 0.349 e. The van der Waals surface area contributed by atoms with Crippen LogP contribution in [0.15, 0.2) is 35.7 Å². The van der Waals surface area contributed by atoms with E-state index in [1.54, 1.807) is 6.92 Å². The van der Waals surface area contributed by atoms with Gasteiger partial charge in [0.25, 0.3) is 5.91 Å². The van der Waals surface area contributed by atoms with Crippen LogP contribution >= 0.6 is 11.3 Å². The highest BCUT2D eigenvalue weighted by Gasteiger charge is 2.21. The van der Waals surface area contributed by atoms with Gasteiger partial charge in [-0.05, 0) is 74.4 Å². The van der Waals surface area contributed by atoms with E-state index in [0.29, 0.717) is 10.6 Å². The Morgan fingerprint density at radius 3 is 2.42 bits per heavy atom. The number of amides is 1. The van der Waals surface area contributed by atoms with Gasteiger partial charge in [-0.1, -0.05) is 0 Å². The first-order chi connectivity index (χ1) is 12.5. The lowest BCUT2D eigenvalue weighted by Gasteiger charge is -2.28. The molecule has 1 aliphatic rings. The molecular formula is C20H24N2O3S. The molecule has 0 saturated carbocycles. The first kappa shape index (κ1) is 18.5. The largest absolute Gasteiger partial charge is 0.448 e. The van der Waals surface area contributed by atoms with E-state index in [0.717, 1.165) is 18.7 Å². The van der Waals surface area contributed by atoms with Crippen LogP contribution in [0.5, 0.6) is 0 Å². The van der Waals surface area contributed by atoms with Crippen molar-refractivity contribution in [3.8, 4) is 0 Å². The van der Waals surface area contributed by atoms with Gasteiger partial charge in [0.15, 0.2) is 6.10 Å². The third-order valence-corrected chi connectivity index (χ3v) is 5.55. The normalized spacial score (nSPS) is 15.4. The molecule has 1 saturated heterocycles. The van der Waals surface area contributed by atoms with Crippen molar-refractivity contribution < 1.29 is 14.3 Å². The number of nitrogens with zero attached hydrogens (tertiary/aromatic N) is 1. The van der Waals surface area contributed by atoms with Crippen molar-refractivity contribution in [2.45, 2.75) is 39.2 Å². The van der Waals surface area contributed by atoms with Gasteiger partial charge in [-0.15, -0.1) is 11.3 Å². The number of hydrogen-bond donors (Lipinski definition) is 1. The topological polar surface area (TPSA) is 58.6 Å². The molecule has 1 N–H and O–H groups in total. The van der Waals surface area contributed by atoms with E-state index >= 15 is 0 Å². The van der Waals surface area contributed by atoms with Crippen molar-refractivity contribution >= 4 is 34.6 Å². The van der Waals surface area contributed by atoms with Gasteiger partial charge in [0.05, 0.1) is 0 Å². The number of benzene rings is 1. The molecule has 1 aromatic carbocycles. The fourth-order valence-electron chi connectivity index (χ4n) is 3.00. The lowest BCUT2D eigenvalue weighted by molar-refractivity contribution is -0.123. The van der Waals surface area contributed by atoms with Crippen molar-refractivity contribution in [2.75, 3.05) is 23.3 Å². The molecule has 1 atom stereocenters. The van der Waals surface area contributed by atoms with Crippen LogP contribution in [-0.4, -0.2) is 31.1 Å². The van der Waals surface area contributed by atoms with Crippen LogP contribution in [-0.2, 0) is 9.53 Å². The lowest BCUT2D eigenvalue weighted by atomic mass is 10.1. The average Bonchev–Trinajstić information content (AvgIpc) is 3.09. The second-order valence-electron chi connectivity index (χ2n) is 6.56. The van der Waals surface area contributed by atoms with Crippen LogP contribution in [0.3, 0.4) is 0 Å². The first-order valence-corrected chi connectivity index (χ1v) is 9.83. The standard InChI is InChI=1S/C20H24N2O3S/c1-14-10-13-26-18(14)20(24)25-15(2)19(23)21-16-6-8-17(9-7-16)22-11-4-3-5-12-22/h6-10,13,15H,3-5,11-12H2,1-2H3,(H,21,23). The van der Waals surface area contributed by atoms with Gasteiger partial charge in [-0.3, -0.25) is 4.79 Å². The van der Waals surface area contributed by atoms with Crippen molar-refractivity contribution in [1.82, 2.24) is 0 Å². The third kappa shape index (κ3) is 4.43. The number of piperidine rings is 1. The molecule has 1 amide bonds. The molecule has 0 bridgehead atoms. The Kier molecular flexibility index (Phi) is 5.93. The summed E-state index contributed by atoms with van der Waals surface area (Å²) in [6.07, 6.45) is 2.90. The van der Waals surface area contributed by atoms with Gasteiger partial charge in [0.1, 0.15) is 4.88 Å². The number of aryl methyl sites for hydroxylation is 1. The smallest absolute Gasteiger partial charge is 0.349 e. The Morgan fingerprint density at radius 2 is 1.81 bits per heavy atom. The van der Waals surface area contributed by atoms with Gasteiger partial charge in [-0.2, -0.15) is 0 Å². The number of rotatable bonds is 5. The minimum Gasteiger partial charge on any atom is -0.448 e. The zero-order valence-electron chi connectivity index (χ0n) is 15.2. The first-order valence-electron chi connectivity index (χ1n) is 8.95. The average molecular weight is 372 g/mol. The molecule has 0 radical (unpaired) electrons. The summed E-state index contributed by atoms with van der Waals surface area (Å²) < 4.78 is 5.28. The summed E-state index contributed by atoms with van der Waals surface area (Å²) in [5.74, 6) is -0.793. The highest BCUT2D eigenvalue weighted by atomic mass is 32.1. The third-order valence-electron chi connectivity index (χ3n) is 4.56. The Hall–Kier alpha value is -2.34. The summed E-state index contributed by atoms with van der Waals surface area (Å²) in [6.45, 7) is 5.60. The second-order valence-corrected chi connectivity index (χ2v) is 7.48. The molecule has 138 valence electrons. The number of ether oxygens (including phenoxy) is 1. The van der Waals surface area contributed by atoms with Gasteiger partial charge in [0, 0.05) is 24.5 Å². The highest BCUT2D eigenvalue weighted by Crippen LogP contribution is 2.22. The number of esters is 1. The maximum atomic E-state index is 12.3. The Bertz CT molecular complexity index is 764. The van der Waals surface area contributed by atoms with Crippen molar-refractivity contribution in [2.24, 2.45) is 0 Å². The van der Waals surface area contributed by atoms with E-state index in [-0.39, 0.29) is 5.91 Å².